The molecule has 3 aliphatic heterocycles. The van der Waals surface area contributed by atoms with Gasteiger partial charge in [-0.1, -0.05) is 18.2 Å². The minimum absolute atomic E-state index is 0.130. The van der Waals surface area contributed by atoms with E-state index in [1.165, 1.54) is 38.8 Å². The predicted molar refractivity (Wildman–Crippen MR) is 115 cm³/mol. The smallest absolute Gasteiger partial charge is 0.254 e. The largest absolute Gasteiger partial charge is 0.356 e. The van der Waals surface area contributed by atoms with Gasteiger partial charge in [-0.15, -0.1) is 0 Å². The monoisotopic (exact) mass is 397 g/mol. The molecular weight excluding hydrogens is 362 g/mol. The highest BCUT2D eigenvalue weighted by molar-refractivity contribution is 5.94. The number of likely N-dealkylation sites (tertiary alicyclic amines) is 1. The third-order valence-electron chi connectivity index (χ3n) is 7.23. The van der Waals surface area contributed by atoms with Gasteiger partial charge in [-0.3, -0.25) is 14.5 Å². The van der Waals surface area contributed by atoms with E-state index < -0.39 is 0 Å². The second kappa shape index (κ2) is 9.29. The van der Waals surface area contributed by atoms with Gasteiger partial charge in [0.2, 0.25) is 5.91 Å². The van der Waals surface area contributed by atoms with Crippen molar-refractivity contribution in [1.82, 2.24) is 15.1 Å². The summed E-state index contributed by atoms with van der Waals surface area (Å²) >= 11 is 0. The summed E-state index contributed by atoms with van der Waals surface area (Å²) in [7, 11) is 0. The van der Waals surface area contributed by atoms with Crippen LogP contribution in [-0.4, -0.2) is 59.9 Å². The fourth-order valence-corrected chi connectivity index (χ4v) is 6.10. The molecule has 3 fully saturated rings. The van der Waals surface area contributed by atoms with Crippen molar-refractivity contribution in [3.63, 3.8) is 0 Å². The number of hydrogen-bond donors (Lipinski definition) is 1. The molecule has 4 rings (SSSR count). The Bertz CT molecular complexity index is 705. The van der Waals surface area contributed by atoms with E-state index in [1.807, 2.05) is 37.3 Å². The van der Waals surface area contributed by atoms with Gasteiger partial charge in [-0.2, -0.15) is 0 Å². The number of hydrogen-bond acceptors (Lipinski definition) is 3. The van der Waals surface area contributed by atoms with Crippen molar-refractivity contribution in [2.45, 2.75) is 64.0 Å². The summed E-state index contributed by atoms with van der Waals surface area (Å²) in [5.74, 6) is 1.45. The lowest BCUT2D eigenvalue weighted by Crippen LogP contribution is -2.65. The summed E-state index contributed by atoms with van der Waals surface area (Å²) in [5, 5.41) is 2.90. The Balaban J connectivity index is 1.55. The highest BCUT2D eigenvalue weighted by atomic mass is 16.2. The van der Waals surface area contributed by atoms with Crippen molar-refractivity contribution in [1.29, 1.82) is 0 Å². The number of amides is 2. The molecule has 1 aromatic rings. The van der Waals surface area contributed by atoms with Gasteiger partial charge in [0.25, 0.3) is 5.91 Å². The van der Waals surface area contributed by atoms with Crippen molar-refractivity contribution in [2.24, 2.45) is 11.8 Å². The average molecular weight is 398 g/mol. The lowest BCUT2D eigenvalue weighted by atomic mass is 9.69. The first-order chi connectivity index (χ1) is 14.2. The normalized spacial score (nSPS) is 29.2. The van der Waals surface area contributed by atoms with E-state index >= 15 is 0 Å². The molecule has 0 aliphatic carbocycles. The van der Waals surface area contributed by atoms with Crippen molar-refractivity contribution < 1.29 is 9.59 Å². The SMILES string of the molecule is CCNC(=O)CCC[C@@H]1[C@H]2CCCN3CCC[C@@H](CN1C(=O)c1ccccc1)[C@@H]23. The van der Waals surface area contributed by atoms with Gasteiger partial charge in [0.05, 0.1) is 0 Å². The van der Waals surface area contributed by atoms with Crippen LogP contribution in [0.1, 0.15) is 62.2 Å². The molecule has 3 saturated heterocycles. The van der Waals surface area contributed by atoms with Gasteiger partial charge < -0.3 is 10.2 Å². The first kappa shape index (κ1) is 20.4. The zero-order chi connectivity index (χ0) is 20.2. The van der Waals surface area contributed by atoms with Crippen LogP contribution in [-0.2, 0) is 4.79 Å². The van der Waals surface area contributed by atoms with Gasteiger partial charge in [0.1, 0.15) is 0 Å². The molecule has 0 bridgehead atoms. The van der Waals surface area contributed by atoms with E-state index in [2.05, 4.69) is 15.1 Å². The standard InChI is InChI=1S/C24H35N3O2/c1-2-25-22(28)14-6-13-21-20-12-8-16-26-15-7-11-19(23(20)26)17-27(21)24(29)18-9-4-3-5-10-18/h3-5,9-10,19-21,23H,2,6-8,11-17H2,1H3,(H,25,28)/t19-,20+,21+,23-/m0/s1. The summed E-state index contributed by atoms with van der Waals surface area (Å²) in [4.78, 5) is 30.3. The molecule has 0 radical (unpaired) electrons. The lowest BCUT2D eigenvalue weighted by molar-refractivity contribution is -0.121. The molecule has 0 saturated carbocycles. The molecule has 5 heteroatoms. The highest BCUT2D eigenvalue weighted by Gasteiger charge is 2.49. The van der Waals surface area contributed by atoms with E-state index in [9.17, 15) is 9.59 Å². The number of nitrogens with one attached hydrogen (secondary N) is 1. The van der Waals surface area contributed by atoms with E-state index in [0.29, 0.717) is 30.8 Å². The van der Waals surface area contributed by atoms with Gasteiger partial charge in [-0.05, 0) is 82.5 Å². The van der Waals surface area contributed by atoms with Crippen LogP contribution in [0.2, 0.25) is 0 Å². The molecule has 4 atom stereocenters. The van der Waals surface area contributed by atoms with Crippen molar-refractivity contribution in [2.75, 3.05) is 26.2 Å². The maximum Gasteiger partial charge on any atom is 0.254 e. The van der Waals surface area contributed by atoms with Crippen molar-refractivity contribution in [3.8, 4) is 0 Å². The average Bonchev–Trinajstić information content (AvgIpc) is 2.75. The van der Waals surface area contributed by atoms with Gasteiger partial charge in [0.15, 0.2) is 0 Å². The maximum atomic E-state index is 13.5. The van der Waals surface area contributed by atoms with Crippen LogP contribution in [0.15, 0.2) is 30.3 Å². The molecule has 2 amide bonds. The van der Waals surface area contributed by atoms with Crippen molar-refractivity contribution >= 4 is 11.8 Å². The Morgan fingerprint density at radius 2 is 1.86 bits per heavy atom. The Morgan fingerprint density at radius 3 is 2.62 bits per heavy atom. The number of carbonyl (C=O) groups excluding carboxylic acids is 2. The van der Waals surface area contributed by atoms with Gasteiger partial charge in [0, 0.05) is 37.2 Å². The molecule has 3 aliphatic rings. The molecule has 0 spiro atoms. The molecule has 1 N–H and O–H groups in total. The minimum Gasteiger partial charge on any atom is -0.356 e. The molecule has 1 aromatic carbocycles. The fraction of sp³-hybridized carbons (Fsp3) is 0.667. The molecular formula is C24H35N3O2. The summed E-state index contributed by atoms with van der Waals surface area (Å²) in [6.45, 7) is 5.95. The predicted octanol–water partition coefficient (Wildman–Crippen LogP) is 3.31. The molecule has 29 heavy (non-hydrogen) atoms. The maximum absolute atomic E-state index is 13.5. The summed E-state index contributed by atoms with van der Waals surface area (Å²) in [6.07, 6.45) is 7.27. The zero-order valence-electron chi connectivity index (χ0n) is 17.7. The quantitative estimate of drug-likeness (QED) is 0.801. The number of rotatable bonds is 6. The van der Waals surface area contributed by atoms with Crippen LogP contribution in [0.25, 0.3) is 0 Å². The third-order valence-corrected chi connectivity index (χ3v) is 7.23. The lowest BCUT2D eigenvalue weighted by Gasteiger charge is -2.57. The molecule has 0 unspecified atom stereocenters. The third kappa shape index (κ3) is 4.35. The number of carbonyl (C=O) groups is 2. The van der Waals surface area contributed by atoms with E-state index in [1.54, 1.807) is 0 Å². The molecule has 0 aromatic heterocycles. The molecule has 158 valence electrons. The highest BCUT2D eigenvalue weighted by Crippen LogP contribution is 2.43. The van der Waals surface area contributed by atoms with E-state index in [0.717, 1.165) is 24.9 Å². The Morgan fingerprint density at radius 1 is 1.10 bits per heavy atom. The van der Waals surface area contributed by atoms with Crippen LogP contribution in [0, 0.1) is 11.8 Å². The van der Waals surface area contributed by atoms with Crippen LogP contribution in [0.3, 0.4) is 0 Å². The number of nitrogens with zero attached hydrogens (tertiary/aromatic N) is 2. The first-order valence-electron chi connectivity index (χ1n) is 11.6. The Kier molecular flexibility index (Phi) is 6.53. The molecule has 3 heterocycles. The van der Waals surface area contributed by atoms with E-state index in [-0.39, 0.29) is 17.9 Å². The Labute approximate surface area is 174 Å². The van der Waals surface area contributed by atoms with Crippen LogP contribution in [0.4, 0.5) is 0 Å². The summed E-state index contributed by atoms with van der Waals surface area (Å²) < 4.78 is 0. The first-order valence-corrected chi connectivity index (χ1v) is 11.6. The minimum atomic E-state index is 0.130. The second-order valence-corrected chi connectivity index (χ2v) is 8.97. The summed E-state index contributed by atoms with van der Waals surface area (Å²) in [5.41, 5.74) is 0.795. The Hall–Kier alpha value is -1.88. The number of piperidine rings is 3. The topological polar surface area (TPSA) is 52.7 Å². The molecule has 5 nitrogen and oxygen atoms in total. The van der Waals surface area contributed by atoms with Crippen molar-refractivity contribution in [3.05, 3.63) is 35.9 Å². The van der Waals surface area contributed by atoms with Crippen LogP contribution >= 0.6 is 0 Å². The van der Waals surface area contributed by atoms with E-state index in [4.69, 9.17) is 0 Å². The van der Waals surface area contributed by atoms with Gasteiger partial charge >= 0.3 is 0 Å². The van der Waals surface area contributed by atoms with Crippen LogP contribution < -0.4 is 5.32 Å². The second-order valence-electron chi connectivity index (χ2n) is 8.97. The number of benzene rings is 1. The zero-order valence-corrected chi connectivity index (χ0v) is 17.7. The summed E-state index contributed by atoms with van der Waals surface area (Å²) in [6, 6.07) is 10.6. The van der Waals surface area contributed by atoms with Gasteiger partial charge in [-0.25, -0.2) is 0 Å². The van der Waals surface area contributed by atoms with Crippen LogP contribution in [0.5, 0.6) is 0 Å². The fourth-order valence-electron chi connectivity index (χ4n) is 6.10.